The zero-order chi connectivity index (χ0) is 18.2. The number of aromatic nitrogens is 2. The van der Waals surface area contributed by atoms with E-state index in [1.165, 1.54) is 35.5 Å². The highest BCUT2D eigenvalue weighted by atomic mass is 32.2. The number of nitrogens with two attached hydrogens (primary N) is 1. The molecule has 0 aliphatic rings. The summed E-state index contributed by atoms with van der Waals surface area (Å²) in [5, 5.41) is 0.672. The van der Waals surface area contributed by atoms with Crippen LogP contribution in [0.25, 0.3) is 10.9 Å². The fourth-order valence-corrected chi connectivity index (χ4v) is 3.38. The van der Waals surface area contributed by atoms with Crippen LogP contribution in [0.15, 0.2) is 52.4 Å². The highest BCUT2D eigenvalue weighted by molar-refractivity contribution is 7.98. The van der Waals surface area contributed by atoms with Gasteiger partial charge in [0.2, 0.25) is 0 Å². The van der Waals surface area contributed by atoms with Gasteiger partial charge in [0.15, 0.2) is 5.16 Å². The monoisotopic (exact) mass is 357 g/mol. The molecule has 0 unspecified atom stereocenters. The summed E-state index contributed by atoms with van der Waals surface area (Å²) in [5.74, 6) is 6.05. The highest BCUT2D eigenvalue weighted by Gasteiger charge is 2.14. The summed E-state index contributed by atoms with van der Waals surface area (Å²) in [6.07, 6.45) is 0. The minimum atomic E-state index is -0.428. The second-order valence-electron chi connectivity index (χ2n) is 6.97. The van der Waals surface area contributed by atoms with Crippen molar-refractivity contribution in [1.82, 2.24) is 9.66 Å². The Labute approximate surface area is 149 Å². The van der Waals surface area contributed by atoms with Crippen LogP contribution in [-0.4, -0.2) is 9.66 Å². The van der Waals surface area contributed by atoms with Crippen molar-refractivity contribution in [1.29, 1.82) is 0 Å². The van der Waals surface area contributed by atoms with E-state index in [-0.39, 0.29) is 11.0 Å². The van der Waals surface area contributed by atoms with Crippen LogP contribution in [0.5, 0.6) is 0 Å². The third-order valence-electron chi connectivity index (χ3n) is 4.02. The molecule has 1 heterocycles. The number of nitrogen functional groups attached to an aromatic ring is 1. The van der Waals surface area contributed by atoms with E-state index in [9.17, 15) is 9.18 Å². The molecule has 2 aromatic carbocycles. The Morgan fingerprint density at radius 2 is 1.84 bits per heavy atom. The number of rotatable bonds is 3. The van der Waals surface area contributed by atoms with E-state index in [4.69, 9.17) is 5.84 Å². The van der Waals surface area contributed by atoms with E-state index in [1.807, 2.05) is 0 Å². The topological polar surface area (TPSA) is 60.9 Å². The van der Waals surface area contributed by atoms with Crippen LogP contribution in [0.1, 0.15) is 31.9 Å². The van der Waals surface area contributed by atoms with Gasteiger partial charge in [0, 0.05) is 11.8 Å². The quantitative estimate of drug-likeness (QED) is 0.439. The molecule has 0 radical (unpaired) electrons. The summed E-state index contributed by atoms with van der Waals surface area (Å²) in [7, 11) is 0. The maximum Gasteiger partial charge on any atom is 0.280 e. The standard InChI is InChI=1S/C19H20FN3OS/c1-19(2,3)13-6-4-12(5-7-13)11-25-18-22-16-10-14(20)8-9-15(16)17(24)23(18)21/h4-10H,11,21H2,1-3H3. The van der Waals surface area contributed by atoms with Crippen molar-refractivity contribution in [3.63, 3.8) is 0 Å². The van der Waals surface area contributed by atoms with Crippen molar-refractivity contribution >= 4 is 22.7 Å². The minimum absolute atomic E-state index is 0.105. The van der Waals surface area contributed by atoms with Gasteiger partial charge in [-0.05, 0) is 28.7 Å². The normalized spacial score (nSPS) is 11.8. The van der Waals surface area contributed by atoms with Crippen molar-refractivity contribution < 1.29 is 4.39 Å². The van der Waals surface area contributed by atoms with Crippen molar-refractivity contribution in [2.45, 2.75) is 37.1 Å². The van der Waals surface area contributed by atoms with Gasteiger partial charge in [-0.3, -0.25) is 4.79 Å². The Morgan fingerprint density at radius 3 is 2.48 bits per heavy atom. The van der Waals surface area contributed by atoms with Crippen LogP contribution in [0.2, 0.25) is 0 Å². The van der Waals surface area contributed by atoms with E-state index >= 15 is 0 Å². The summed E-state index contributed by atoms with van der Waals surface area (Å²) in [4.78, 5) is 16.6. The summed E-state index contributed by atoms with van der Waals surface area (Å²) < 4.78 is 14.4. The second kappa shape index (κ2) is 6.52. The van der Waals surface area contributed by atoms with E-state index in [1.54, 1.807) is 0 Å². The molecule has 0 bridgehead atoms. The fourth-order valence-electron chi connectivity index (χ4n) is 2.50. The van der Waals surface area contributed by atoms with Gasteiger partial charge in [-0.1, -0.05) is 56.8 Å². The summed E-state index contributed by atoms with van der Waals surface area (Å²) in [6.45, 7) is 6.51. The SMILES string of the molecule is CC(C)(C)c1ccc(CSc2nc3cc(F)ccc3c(=O)n2N)cc1. The first-order chi connectivity index (χ1) is 11.8. The predicted octanol–water partition coefficient (Wildman–Crippen LogP) is 3.84. The van der Waals surface area contributed by atoms with Crippen molar-refractivity contribution in [2.75, 3.05) is 5.84 Å². The molecular formula is C19H20FN3OS. The minimum Gasteiger partial charge on any atom is -0.334 e. The van der Waals surface area contributed by atoms with E-state index in [0.717, 1.165) is 10.2 Å². The molecule has 0 fully saturated rings. The second-order valence-corrected chi connectivity index (χ2v) is 7.91. The molecule has 0 atom stereocenters. The first-order valence-electron chi connectivity index (χ1n) is 7.95. The lowest BCUT2D eigenvalue weighted by Crippen LogP contribution is -2.29. The zero-order valence-electron chi connectivity index (χ0n) is 14.4. The average molecular weight is 357 g/mol. The molecule has 4 nitrogen and oxygen atoms in total. The molecule has 3 rings (SSSR count). The van der Waals surface area contributed by atoms with Crippen LogP contribution in [0, 0.1) is 5.82 Å². The molecule has 2 N–H and O–H groups in total. The number of hydrogen-bond acceptors (Lipinski definition) is 4. The van der Waals surface area contributed by atoms with Crippen LogP contribution in [-0.2, 0) is 11.2 Å². The maximum absolute atomic E-state index is 13.4. The van der Waals surface area contributed by atoms with Crippen LogP contribution in [0.3, 0.4) is 0 Å². The van der Waals surface area contributed by atoms with E-state index in [0.29, 0.717) is 21.8 Å². The molecule has 130 valence electrons. The van der Waals surface area contributed by atoms with Crippen molar-refractivity contribution in [3.8, 4) is 0 Å². The lowest BCUT2D eigenvalue weighted by atomic mass is 9.87. The first-order valence-corrected chi connectivity index (χ1v) is 8.94. The summed E-state index contributed by atoms with van der Waals surface area (Å²) in [6, 6.07) is 12.2. The van der Waals surface area contributed by atoms with E-state index < -0.39 is 5.82 Å². The van der Waals surface area contributed by atoms with E-state index in [2.05, 4.69) is 50.0 Å². The zero-order valence-corrected chi connectivity index (χ0v) is 15.2. The molecule has 0 aliphatic heterocycles. The Kier molecular flexibility index (Phi) is 4.56. The van der Waals surface area contributed by atoms with Gasteiger partial charge in [-0.2, -0.15) is 0 Å². The van der Waals surface area contributed by atoms with Gasteiger partial charge in [0.25, 0.3) is 5.56 Å². The molecule has 3 aromatic rings. The summed E-state index contributed by atoms with van der Waals surface area (Å²) in [5.41, 5.74) is 2.41. The third kappa shape index (κ3) is 3.69. The van der Waals surface area contributed by atoms with Crippen LogP contribution in [0.4, 0.5) is 4.39 Å². The smallest absolute Gasteiger partial charge is 0.280 e. The number of hydrogen-bond donors (Lipinski definition) is 1. The molecule has 0 saturated carbocycles. The van der Waals surface area contributed by atoms with Gasteiger partial charge < -0.3 is 5.84 Å². The highest BCUT2D eigenvalue weighted by Crippen LogP contribution is 2.25. The van der Waals surface area contributed by atoms with Crippen molar-refractivity contribution in [3.05, 3.63) is 69.8 Å². The molecule has 0 spiro atoms. The molecular weight excluding hydrogens is 337 g/mol. The third-order valence-corrected chi connectivity index (χ3v) is 5.04. The Morgan fingerprint density at radius 1 is 1.16 bits per heavy atom. The Bertz CT molecular complexity index is 975. The first kappa shape index (κ1) is 17.5. The Balaban J connectivity index is 1.86. The molecule has 1 aromatic heterocycles. The molecule has 0 aliphatic carbocycles. The van der Waals surface area contributed by atoms with Gasteiger partial charge in [-0.15, -0.1) is 0 Å². The molecule has 6 heteroatoms. The Hall–Kier alpha value is -2.34. The van der Waals surface area contributed by atoms with Gasteiger partial charge in [0.05, 0.1) is 10.9 Å². The molecule has 25 heavy (non-hydrogen) atoms. The molecule has 0 saturated heterocycles. The number of halogens is 1. The predicted molar refractivity (Wildman–Crippen MR) is 101 cm³/mol. The lowest BCUT2D eigenvalue weighted by molar-refractivity contribution is 0.590. The van der Waals surface area contributed by atoms with Crippen molar-refractivity contribution in [2.24, 2.45) is 0 Å². The number of nitrogens with zero attached hydrogens (tertiary/aromatic N) is 2. The largest absolute Gasteiger partial charge is 0.334 e. The van der Waals surface area contributed by atoms with Crippen LogP contribution < -0.4 is 11.4 Å². The lowest BCUT2D eigenvalue weighted by Gasteiger charge is -2.19. The number of benzene rings is 2. The summed E-state index contributed by atoms with van der Waals surface area (Å²) >= 11 is 1.35. The van der Waals surface area contributed by atoms with Gasteiger partial charge in [0.1, 0.15) is 5.82 Å². The van der Waals surface area contributed by atoms with Gasteiger partial charge in [-0.25, -0.2) is 14.1 Å². The average Bonchev–Trinajstić information content (AvgIpc) is 2.56. The number of fused-ring (bicyclic) bond motifs is 1. The van der Waals surface area contributed by atoms with Gasteiger partial charge >= 0.3 is 0 Å². The fraction of sp³-hybridized carbons (Fsp3) is 0.263. The molecule has 0 amide bonds. The number of thioether (sulfide) groups is 1. The maximum atomic E-state index is 13.4. The van der Waals surface area contributed by atoms with Crippen LogP contribution >= 0.6 is 11.8 Å².